The Balaban J connectivity index is 1.37. The molecule has 0 radical (unpaired) electrons. The molecule has 6 nitrogen and oxygen atoms in total. The van der Waals surface area contributed by atoms with Crippen LogP contribution in [0.25, 0.3) is 0 Å². The van der Waals surface area contributed by atoms with E-state index in [1.807, 2.05) is 29.1 Å². The van der Waals surface area contributed by atoms with Crippen LogP contribution in [0.2, 0.25) is 5.02 Å². The molecule has 1 unspecified atom stereocenters. The average molecular weight is 423 g/mol. The average Bonchev–Trinajstić information content (AvgIpc) is 3.17. The van der Waals surface area contributed by atoms with Gasteiger partial charge in [-0.05, 0) is 37.0 Å². The molecule has 1 aliphatic carbocycles. The Bertz CT molecular complexity index is 1050. The number of hydrogen-bond donors (Lipinski definition) is 2. The summed E-state index contributed by atoms with van der Waals surface area (Å²) in [6, 6.07) is 16.9. The number of carbonyl (C=O) groups is 2. The minimum absolute atomic E-state index is 0.0945. The molecule has 154 valence electrons. The summed E-state index contributed by atoms with van der Waals surface area (Å²) in [5, 5.41) is 10.6. The maximum Gasteiger partial charge on any atom is 0.253 e. The molecule has 2 N–H and O–H groups in total. The van der Waals surface area contributed by atoms with E-state index in [1.165, 1.54) is 5.56 Å². The van der Waals surface area contributed by atoms with Crippen molar-refractivity contribution in [2.75, 3.05) is 6.54 Å². The highest BCUT2D eigenvalue weighted by Gasteiger charge is 2.25. The summed E-state index contributed by atoms with van der Waals surface area (Å²) in [5.41, 5.74) is 3.77. The van der Waals surface area contributed by atoms with Crippen LogP contribution in [0, 0.1) is 0 Å². The molecular formula is C23H23ClN4O2. The van der Waals surface area contributed by atoms with Gasteiger partial charge in [0.1, 0.15) is 0 Å². The molecule has 0 saturated carbocycles. The molecule has 1 heterocycles. The van der Waals surface area contributed by atoms with Crippen LogP contribution in [-0.4, -0.2) is 28.1 Å². The van der Waals surface area contributed by atoms with E-state index in [0.29, 0.717) is 17.1 Å². The number of halogens is 1. The fourth-order valence-corrected chi connectivity index (χ4v) is 4.03. The Morgan fingerprint density at radius 1 is 1.10 bits per heavy atom. The van der Waals surface area contributed by atoms with E-state index in [-0.39, 0.29) is 24.4 Å². The molecule has 1 aromatic heterocycles. The predicted octanol–water partition coefficient (Wildman–Crippen LogP) is 3.51. The molecule has 2 aromatic carbocycles. The summed E-state index contributed by atoms with van der Waals surface area (Å²) in [5.74, 6) is -0.597. The Hall–Kier alpha value is -3.12. The van der Waals surface area contributed by atoms with E-state index in [9.17, 15) is 9.59 Å². The summed E-state index contributed by atoms with van der Waals surface area (Å²) in [6.07, 6.45) is 4.63. The van der Waals surface area contributed by atoms with Crippen molar-refractivity contribution in [3.8, 4) is 0 Å². The van der Waals surface area contributed by atoms with Crippen LogP contribution in [0.3, 0.4) is 0 Å². The molecule has 0 spiro atoms. The highest BCUT2D eigenvalue weighted by molar-refractivity contribution is 6.33. The van der Waals surface area contributed by atoms with Gasteiger partial charge in [-0.3, -0.25) is 14.3 Å². The second-order valence-electron chi connectivity index (χ2n) is 7.36. The van der Waals surface area contributed by atoms with E-state index >= 15 is 0 Å². The smallest absolute Gasteiger partial charge is 0.253 e. The van der Waals surface area contributed by atoms with Crippen LogP contribution in [0.1, 0.15) is 46.1 Å². The zero-order valence-electron chi connectivity index (χ0n) is 16.5. The monoisotopic (exact) mass is 422 g/mol. The van der Waals surface area contributed by atoms with E-state index in [4.69, 9.17) is 11.6 Å². The van der Waals surface area contributed by atoms with Crippen molar-refractivity contribution in [3.63, 3.8) is 0 Å². The third kappa shape index (κ3) is 4.54. The quantitative estimate of drug-likeness (QED) is 0.638. The number of fused-ring (bicyclic) bond motifs is 1. The second kappa shape index (κ2) is 9.13. The fraction of sp³-hybridized carbons (Fsp3) is 0.261. The SMILES string of the molecule is O=C(CNC(=O)c1ccccc1Cl)NC1CCCc2c1cnn2Cc1ccccc1. The van der Waals surface area contributed by atoms with E-state index in [1.54, 1.807) is 24.3 Å². The van der Waals surface area contributed by atoms with E-state index < -0.39 is 0 Å². The summed E-state index contributed by atoms with van der Waals surface area (Å²) in [7, 11) is 0. The maximum absolute atomic E-state index is 12.5. The van der Waals surface area contributed by atoms with Crippen LogP contribution in [0.15, 0.2) is 60.8 Å². The van der Waals surface area contributed by atoms with Gasteiger partial charge in [0.25, 0.3) is 5.91 Å². The highest BCUT2D eigenvalue weighted by atomic mass is 35.5. The minimum atomic E-state index is -0.365. The number of amides is 2. The largest absolute Gasteiger partial charge is 0.348 e. The number of rotatable bonds is 6. The summed E-state index contributed by atoms with van der Waals surface area (Å²) in [4.78, 5) is 24.7. The molecule has 1 aliphatic rings. The Morgan fingerprint density at radius 3 is 2.67 bits per heavy atom. The van der Waals surface area contributed by atoms with Crippen LogP contribution >= 0.6 is 11.6 Å². The van der Waals surface area contributed by atoms with Crippen molar-refractivity contribution in [2.45, 2.75) is 31.8 Å². The van der Waals surface area contributed by atoms with Gasteiger partial charge in [-0.15, -0.1) is 0 Å². The first-order valence-corrected chi connectivity index (χ1v) is 10.4. The summed E-state index contributed by atoms with van der Waals surface area (Å²) < 4.78 is 2.02. The van der Waals surface area contributed by atoms with E-state index in [2.05, 4.69) is 27.9 Å². The molecule has 0 saturated heterocycles. The number of nitrogens with one attached hydrogen (secondary N) is 2. The lowest BCUT2D eigenvalue weighted by Crippen LogP contribution is -2.39. The van der Waals surface area contributed by atoms with Gasteiger partial charge in [-0.25, -0.2) is 0 Å². The van der Waals surface area contributed by atoms with Crippen molar-refractivity contribution in [1.82, 2.24) is 20.4 Å². The van der Waals surface area contributed by atoms with Crippen molar-refractivity contribution < 1.29 is 9.59 Å². The molecule has 0 bridgehead atoms. The standard InChI is InChI=1S/C23H23ClN4O2/c24-19-10-5-4-9-17(19)23(30)25-14-22(29)27-20-11-6-12-21-18(20)13-26-28(21)15-16-7-2-1-3-8-16/h1-5,7-10,13,20H,6,11-12,14-15H2,(H,25,30)(H,27,29). The number of carbonyl (C=O) groups excluding carboxylic acids is 2. The van der Waals surface area contributed by atoms with Crippen LogP contribution in [0.5, 0.6) is 0 Å². The van der Waals surface area contributed by atoms with Gasteiger partial charge < -0.3 is 10.6 Å². The van der Waals surface area contributed by atoms with Crippen LogP contribution < -0.4 is 10.6 Å². The van der Waals surface area contributed by atoms with Gasteiger partial charge in [0.2, 0.25) is 5.91 Å². The Labute approximate surface area is 180 Å². The molecule has 4 rings (SSSR count). The molecule has 2 amide bonds. The molecule has 7 heteroatoms. The van der Waals surface area contributed by atoms with Crippen molar-refractivity contribution in [2.24, 2.45) is 0 Å². The summed E-state index contributed by atoms with van der Waals surface area (Å²) in [6.45, 7) is 0.610. The van der Waals surface area contributed by atoms with Crippen LogP contribution in [-0.2, 0) is 17.8 Å². The topological polar surface area (TPSA) is 76.0 Å². The third-order valence-electron chi connectivity index (χ3n) is 5.30. The first-order valence-electron chi connectivity index (χ1n) is 10.0. The molecular weight excluding hydrogens is 400 g/mol. The zero-order chi connectivity index (χ0) is 20.9. The van der Waals surface area contributed by atoms with Crippen molar-refractivity contribution in [1.29, 1.82) is 0 Å². The van der Waals surface area contributed by atoms with Crippen LogP contribution in [0.4, 0.5) is 0 Å². The first kappa shape index (κ1) is 20.2. The third-order valence-corrected chi connectivity index (χ3v) is 5.63. The predicted molar refractivity (Wildman–Crippen MR) is 115 cm³/mol. The first-order chi connectivity index (χ1) is 14.6. The van der Waals surface area contributed by atoms with Gasteiger partial charge >= 0.3 is 0 Å². The molecule has 30 heavy (non-hydrogen) atoms. The second-order valence-corrected chi connectivity index (χ2v) is 7.77. The van der Waals surface area contributed by atoms with Crippen molar-refractivity contribution in [3.05, 3.63) is 88.2 Å². The Kier molecular flexibility index (Phi) is 6.14. The maximum atomic E-state index is 12.5. The fourth-order valence-electron chi connectivity index (χ4n) is 3.81. The molecule has 1 atom stereocenters. The number of hydrogen-bond acceptors (Lipinski definition) is 3. The highest BCUT2D eigenvalue weighted by Crippen LogP contribution is 2.29. The molecule has 0 fully saturated rings. The zero-order valence-corrected chi connectivity index (χ0v) is 17.2. The van der Waals surface area contributed by atoms with Gasteiger partial charge in [0, 0.05) is 11.3 Å². The van der Waals surface area contributed by atoms with Gasteiger partial charge in [0.15, 0.2) is 0 Å². The minimum Gasteiger partial charge on any atom is -0.348 e. The number of nitrogens with zero attached hydrogens (tertiary/aromatic N) is 2. The van der Waals surface area contributed by atoms with Crippen molar-refractivity contribution >= 4 is 23.4 Å². The lowest BCUT2D eigenvalue weighted by atomic mass is 9.93. The number of benzene rings is 2. The Morgan fingerprint density at radius 2 is 1.87 bits per heavy atom. The molecule has 3 aromatic rings. The lowest BCUT2D eigenvalue weighted by molar-refractivity contribution is -0.121. The van der Waals surface area contributed by atoms with Gasteiger partial charge in [-0.2, -0.15) is 5.10 Å². The molecule has 0 aliphatic heterocycles. The normalized spacial score (nSPS) is 15.3. The van der Waals surface area contributed by atoms with Gasteiger partial charge in [-0.1, -0.05) is 54.1 Å². The van der Waals surface area contributed by atoms with Gasteiger partial charge in [0.05, 0.1) is 35.9 Å². The number of aromatic nitrogens is 2. The summed E-state index contributed by atoms with van der Waals surface area (Å²) >= 11 is 6.04. The van der Waals surface area contributed by atoms with E-state index in [0.717, 1.165) is 30.5 Å². The lowest BCUT2D eigenvalue weighted by Gasteiger charge is -2.24.